The van der Waals surface area contributed by atoms with Gasteiger partial charge >= 0.3 is 6.18 Å². The molecule has 0 saturated carbocycles. The molecule has 1 aliphatic heterocycles. The number of aryl methyl sites for hydroxylation is 1. The van der Waals surface area contributed by atoms with Crippen molar-refractivity contribution in [1.29, 1.82) is 0 Å². The van der Waals surface area contributed by atoms with Gasteiger partial charge in [0.1, 0.15) is 0 Å². The Bertz CT molecular complexity index is 540. The predicted octanol–water partition coefficient (Wildman–Crippen LogP) is 3.49. The number of carbonyl (C=O) groups is 1. The third-order valence-corrected chi connectivity index (χ3v) is 4.32. The third kappa shape index (κ3) is 3.08. The van der Waals surface area contributed by atoms with E-state index in [1.165, 1.54) is 0 Å². The number of nitrogens with one attached hydrogen (secondary N) is 2. The number of anilines is 1. The largest absolute Gasteiger partial charge is 0.404 e. The lowest BCUT2D eigenvalue weighted by Crippen LogP contribution is -2.49. The van der Waals surface area contributed by atoms with E-state index in [-0.39, 0.29) is 19.5 Å². The van der Waals surface area contributed by atoms with Crippen LogP contribution in [-0.4, -0.2) is 25.2 Å². The van der Waals surface area contributed by atoms with Gasteiger partial charge in [-0.05, 0) is 43.1 Å². The second-order valence-electron chi connectivity index (χ2n) is 5.12. The van der Waals surface area contributed by atoms with E-state index in [1.807, 2.05) is 6.92 Å². The van der Waals surface area contributed by atoms with Gasteiger partial charge in [-0.2, -0.15) is 13.2 Å². The van der Waals surface area contributed by atoms with Gasteiger partial charge in [0.15, 0.2) is 5.41 Å². The van der Waals surface area contributed by atoms with Gasteiger partial charge in [0.05, 0.1) is 0 Å². The van der Waals surface area contributed by atoms with Crippen molar-refractivity contribution in [3.63, 3.8) is 0 Å². The van der Waals surface area contributed by atoms with Crippen LogP contribution in [0.4, 0.5) is 18.9 Å². The Balaban J connectivity index is 2.28. The van der Waals surface area contributed by atoms with Gasteiger partial charge in [-0.25, -0.2) is 0 Å². The van der Waals surface area contributed by atoms with Crippen molar-refractivity contribution in [2.45, 2.75) is 25.9 Å². The molecular formula is C14H16BrF3N2O. The summed E-state index contributed by atoms with van der Waals surface area (Å²) in [6, 6.07) is 5.11. The fourth-order valence-electron chi connectivity index (χ4n) is 2.48. The summed E-state index contributed by atoms with van der Waals surface area (Å²) in [6.07, 6.45) is -4.19. The molecule has 1 unspecified atom stereocenters. The lowest BCUT2D eigenvalue weighted by molar-refractivity contribution is -0.213. The number of hydrogen-bond acceptors (Lipinski definition) is 2. The SMILES string of the molecule is CCc1cc(Br)ccc1NC(=O)C1(C(F)(F)F)CCNC1. The van der Waals surface area contributed by atoms with Crippen LogP contribution in [0.15, 0.2) is 22.7 Å². The van der Waals surface area contributed by atoms with Gasteiger partial charge in [0, 0.05) is 16.7 Å². The van der Waals surface area contributed by atoms with Crippen LogP contribution in [0.3, 0.4) is 0 Å². The first kappa shape index (κ1) is 16.3. The lowest BCUT2D eigenvalue weighted by atomic mass is 9.85. The molecule has 21 heavy (non-hydrogen) atoms. The minimum atomic E-state index is -4.57. The monoisotopic (exact) mass is 364 g/mol. The molecule has 1 amide bonds. The summed E-state index contributed by atoms with van der Waals surface area (Å²) in [4.78, 5) is 12.3. The van der Waals surface area contributed by atoms with Crippen molar-refractivity contribution in [3.05, 3.63) is 28.2 Å². The molecule has 1 fully saturated rings. The van der Waals surface area contributed by atoms with Crippen LogP contribution < -0.4 is 10.6 Å². The van der Waals surface area contributed by atoms with Crippen molar-refractivity contribution >= 4 is 27.5 Å². The summed E-state index contributed by atoms with van der Waals surface area (Å²) in [5.41, 5.74) is -1.12. The summed E-state index contributed by atoms with van der Waals surface area (Å²) in [7, 11) is 0. The molecular weight excluding hydrogens is 349 g/mol. The zero-order chi connectivity index (χ0) is 15.7. The van der Waals surface area contributed by atoms with Crippen molar-refractivity contribution in [2.24, 2.45) is 5.41 Å². The molecule has 2 rings (SSSR count). The molecule has 1 atom stereocenters. The Kier molecular flexibility index (Phi) is 4.63. The highest BCUT2D eigenvalue weighted by atomic mass is 79.9. The van der Waals surface area contributed by atoms with E-state index < -0.39 is 17.5 Å². The van der Waals surface area contributed by atoms with Crippen molar-refractivity contribution in [1.82, 2.24) is 5.32 Å². The molecule has 0 bridgehead atoms. The first-order chi connectivity index (χ1) is 9.80. The first-order valence-corrected chi connectivity index (χ1v) is 7.47. The molecule has 3 nitrogen and oxygen atoms in total. The van der Waals surface area contributed by atoms with E-state index >= 15 is 0 Å². The second-order valence-corrected chi connectivity index (χ2v) is 6.03. The molecule has 0 radical (unpaired) electrons. The van der Waals surface area contributed by atoms with Gasteiger partial charge in [0.2, 0.25) is 5.91 Å². The van der Waals surface area contributed by atoms with E-state index in [0.717, 1.165) is 10.0 Å². The highest BCUT2D eigenvalue weighted by Crippen LogP contribution is 2.44. The summed E-state index contributed by atoms with van der Waals surface area (Å²) in [6.45, 7) is 1.70. The zero-order valence-electron chi connectivity index (χ0n) is 11.5. The highest BCUT2D eigenvalue weighted by Gasteiger charge is 2.61. The van der Waals surface area contributed by atoms with Crippen LogP contribution in [0, 0.1) is 5.41 Å². The minimum Gasteiger partial charge on any atom is -0.325 e. The standard InChI is InChI=1S/C14H16BrF3N2O/c1-2-9-7-10(15)3-4-11(9)20-12(21)13(14(16,17)18)5-6-19-8-13/h3-4,7,19H,2,5-6,8H2,1H3,(H,20,21). The highest BCUT2D eigenvalue weighted by molar-refractivity contribution is 9.10. The average Bonchev–Trinajstić information content (AvgIpc) is 2.91. The molecule has 1 aromatic carbocycles. The van der Waals surface area contributed by atoms with Crippen molar-refractivity contribution in [3.8, 4) is 0 Å². The van der Waals surface area contributed by atoms with Crippen LogP contribution in [0.1, 0.15) is 18.9 Å². The molecule has 1 saturated heterocycles. The molecule has 116 valence electrons. The molecule has 0 spiro atoms. The summed E-state index contributed by atoms with van der Waals surface area (Å²) >= 11 is 3.31. The Labute approximate surface area is 129 Å². The van der Waals surface area contributed by atoms with E-state index in [0.29, 0.717) is 12.1 Å². The number of rotatable bonds is 3. The zero-order valence-corrected chi connectivity index (χ0v) is 13.1. The topological polar surface area (TPSA) is 41.1 Å². The molecule has 0 aliphatic carbocycles. The Morgan fingerprint density at radius 2 is 2.19 bits per heavy atom. The van der Waals surface area contributed by atoms with E-state index in [1.54, 1.807) is 18.2 Å². The van der Waals surface area contributed by atoms with Crippen molar-refractivity contribution < 1.29 is 18.0 Å². The molecule has 1 heterocycles. The second kappa shape index (κ2) is 5.96. The maximum absolute atomic E-state index is 13.3. The van der Waals surface area contributed by atoms with Gasteiger partial charge in [-0.3, -0.25) is 4.79 Å². The predicted molar refractivity (Wildman–Crippen MR) is 78.1 cm³/mol. The Morgan fingerprint density at radius 3 is 2.71 bits per heavy atom. The molecule has 1 aromatic rings. The average molecular weight is 365 g/mol. The minimum absolute atomic E-state index is 0.188. The number of amides is 1. The number of alkyl halides is 3. The van der Waals surface area contributed by atoms with E-state index in [4.69, 9.17) is 0 Å². The Morgan fingerprint density at radius 1 is 1.48 bits per heavy atom. The summed E-state index contributed by atoms with van der Waals surface area (Å²) in [5, 5.41) is 5.09. The van der Waals surface area contributed by atoms with Crippen LogP contribution in [0.5, 0.6) is 0 Å². The van der Waals surface area contributed by atoms with Gasteiger partial charge in [-0.15, -0.1) is 0 Å². The van der Waals surface area contributed by atoms with Gasteiger partial charge < -0.3 is 10.6 Å². The maximum Gasteiger partial charge on any atom is 0.404 e. The van der Waals surface area contributed by atoms with Crippen LogP contribution in [0.2, 0.25) is 0 Å². The number of carbonyl (C=O) groups excluding carboxylic acids is 1. The van der Waals surface area contributed by atoms with Gasteiger partial charge in [-0.1, -0.05) is 22.9 Å². The molecule has 1 aliphatic rings. The molecule has 7 heteroatoms. The number of hydrogen-bond donors (Lipinski definition) is 2. The van der Waals surface area contributed by atoms with Crippen LogP contribution in [0.25, 0.3) is 0 Å². The molecule has 0 aromatic heterocycles. The van der Waals surface area contributed by atoms with Crippen LogP contribution in [-0.2, 0) is 11.2 Å². The normalized spacial score (nSPS) is 22.3. The first-order valence-electron chi connectivity index (χ1n) is 6.67. The quantitative estimate of drug-likeness (QED) is 0.861. The fourth-order valence-corrected chi connectivity index (χ4v) is 2.88. The maximum atomic E-state index is 13.3. The summed E-state index contributed by atoms with van der Waals surface area (Å²) in [5.74, 6) is -0.989. The summed E-state index contributed by atoms with van der Waals surface area (Å²) < 4.78 is 40.7. The number of benzene rings is 1. The molecule has 2 N–H and O–H groups in total. The smallest absolute Gasteiger partial charge is 0.325 e. The van der Waals surface area contributed by atoms with Crippen LogP contribution >= 0.6 is 15.9 Å². The van der Waals surface area contributed by atoms with Gasteiger partial charge in [0.25, 0.3) is 0 Å². The lowest BCUT2D eigenvalue weighted by Gasteiger charge is -2.29. The van der Waals surface area contributed by atoms with E-state index in [2.05, 4.69) is 26.6 Å². The van der Waals surface area contributed by atoms with Crippen molar-refractivity contribution in [2.75, 3.05) is 18.4 Å². The number of halogens is 4. The van der Waals surface area contributed by atoms with E-state index in [9.17, 15) is 18.0 Å². The Hall–Kier alpha value is -1.08. The third-order valence-electron chi connectivity index (χ3n) is 3.83. The fraction of sp³-hybridized carbons (Fsp3) is 0.500.